The molecular weight excluding hydrogens is 579 g/mol. The van der Waals surface area contributed by atoms with Gasteiger partial charge in [-0.25, -0.2) is 4.39 Å². The SMILES string of the molecule is COc1ccc(NC(=O)CN2C(=O)S/C(=C/c3cc(Br)c(OCc4ccccc4F)c(OC)c3)C2=O)cc1. The van der Waals surface area contributed by atoms with Crippen LogP contribution >= 0.6 is 27.7 Å². The van der Waals surface area contributed by atoms with Crippen LogP contribution in [-0.4, -0.2) is 42.7 Å². The Kier molecular flexibility index (Phi) is 8.70. The molecule has 1 aliphatic heterocycles. The van der Waals surface area contributed by atoms with Gasteiger partial charge in [-0.3, -0.25) is 19.3 Å². The number of ether oxygens (including phenoxy) is 3. The van der Waals surface area contributed by atoms with E-state index in [-0.39, 0.29) is 17.3 Å². The molecule has 1 N–H and O–H groups in total. The molecule has 1 fully saturated rings. The second-order valence-corrected chi connectivity index (χ2v) is 9.81. The number of imide groups is 1. The van der Waals surface area contributed by atoms with Crippen LogP contribution in [0, 0.1) is 5.82 Å². The molecule has 0 aliphatic carbocycles. The van der Waals surface area contributed by atoms with Crippen molar-refractivity contribution in [1.29, 1.82) is 0 Å². The normalized spacial score (nSPS) is 14.1. The van der Waals surface area contributed by atoms with Crippen LogP contribution in [0.1, 0.15) is 11.1 Å². The Hall–Kier alpha value is -3.83. The first-order valence-corrected chi connectivity index (χ1v) is 12.8. The van der Waals surface area contributed by atoms with E-state index in [1.165, 1.54) is 26.4 Å². The molecule has 0 bridgehead atoms. The maximum Gasteiger partial charge on any atom is 0.294 e. The third-order valence-electron chi connectivity index (χ3n) is 5.43. The van der Waals surface area contributed by atoms with E-state index >= 15 is 0 Å². The summed E-state index contributed by atoms with van der Waals surface area (Å²) in [6.45, 7) is -0.442. The summed E-state index contributed by atoms with van der Waals surface area (Å²) < 4.78 is 30.8. The van der Waals surface area contributed by atoms with E-state index in [0.29, 0.717) is 38.5 Å². The van der Waals surface area contributed by atoms with E-state index in [1.807, 2.05) is 0 Å². The van der Waals surface area contributed by atoms with Crippen LogP contribution in [0.5, 0.6) is 17.2 Å². The highest BCUT2D eigenvalue weighted by atomic mass is 79.9. The standard InChI is InChI=1S/C27H22BrFN2O6S/c1-35-19-9-7-18(8-10-19)30-24(32)14-31-26(33)23(38-27(31)34)13-16-11-20(28)25(22(12-16)36-2)37-15-17-5-3-4-6-21(17)29/h3-13H,14-15H2,1-2H3,(H,30,32)/b23-13+. The number of hydrogen-bond donors (Lipinski definition) is 1. The van der Waals surface area contributed by atoms with Crippen LogP contribution in [0.15, 0.2) is 70.0 Å². The van der Waals surface area contributed by atoms with E-state index in [0.717, 1.165) is 16.7 Å². The molecule has 4 rings (SSSR count). The van der Waals surface area contributed by atoms with Crippen molar-refractivity contribution in [1.82, 2.24) is 4.90 Å². The lowest BCUT2D eigenvalue weighted by molar-refractivity contribution is -0.127. The minimum Gasteiger partial charge on any atom is -0.497 e. The summed E-state index contributed by atoms with van der Waals surface area (Å²) in [7, 11) is 2.99. The Morgan fingerprint density at radius 1 is 1.08 bits per heavy atom. The zero-order valence-corrected chi connectivity index (χ0v) is 22.7. The zero-order chi connectivity index (χ0) is 27.2. The van der Waals surface area contributed by atoms with Gasteiger partial charge in [0.25, 0.3) is 11.1 Å². The van der Waals surface area contributed by atoms with Gasteiger partial charge in [-0.2, -0.15) is 0 Å². The van der Waals surface area contributed by atoms with Crippen LogP contribution in [0.2, 0.25) is 0 Å². The number of nitrogens with zero attached hydrogens (tertiary/aromatic N) is 1. The van der Waals surface area contributed by atoms with Crippen molar-refractivity contribution in [3.63, 3.8) is 0 Å². The van der Waals surface area contributed by atoms with Gasteiger partial charge >= 0.3 is 0 Å². The number of hydrogen-bond acceptors (Lipinski definition) is 7. The summed E-state index contributed by atoms with van der Waals surface area (Å²) >= 11 is 4.17. The molecule has 1 saturated heterocycles. The predicted octanol–water partition coefficient (Wildman–Crippen LogP) is 5.86. The summed E-state index contributed by atoms with van der Waals surface area (Å²) in [5.74, 6) is -0.143. The van der Waals surface area contributed by atoms with Gasteiger partial charge in [0.1, 0.15) is 24.7 Å². The number of rotatable bonds is 9. The van der Waals surface area contributed by atoms with Crippen LogP contribution < -0.4 is 19.5 Å². The van der Waals surface area contributed by atoms with E-state index in [4.69, 9.17) is 14.2 Å². The smallest absolute Gasteiger partial charge is 0.294 e. The third kappa shape index (κ3) is 6.35. The average molecular weight is 601 g/mol. The molecule has 0 saturated carbocycles. The molecular formula is C27H22BrFN2O6S. The fourth-order valence-electron chi connectivity index (χ4n) is 3.53. The molecule has 196 valence electrons. The molecule has 11 heteroatoms. The second-order valence-electron chi connectivity index (χ2n) is 7.96. The molecule has 0 aromatic heterocycles. The zero-order valence-electron chi connectivity index (χ0n) is 20.3. The number of carbonyl (C=O) groups excluding carboxylic acids is 3. The van der Waals surface area contributed by atoms with Gasteiger partial charge in [0.05, 0.1) is 23.6 Å². The molecule has 0 unspecified atom stereocenters. The van der Waals surface area contributed by atoms with Gasteiger partial charge in [0, 0.05) is 11.3 Å². The number of carbonyl (C=O) groups is 3. The summed E-state index contributed by atoms with van der Waals surface area (Å²) in [4.78, 5) is 38.9. The first-order chi connectivity index (χ1) is 18.3. The number of nitrogens with one attached hydrogen (secondary N) is 1. The van der Waals surface area contributed by atoms with Gasteiger partial charge in [0.2, 0.25) is 5.91 Å². The summed E-state index contributed by atoms with van der Waals surface area (Å²) in [5.41, 5.74) is 1.45. The van der Waals surface area contributed by atoms with Gasteiger partial charge in [-0.05, 0) is 81.8 Å². The van der Waals surface area contributed by atoms with Crippen LogP contribution in [-0.2, 0) is 16.2 Å². The first-order valence-electron chi connectivity index (χ1n) is 11.2. The highest BCUT2D eigenvalue weighted by Crippen LogP contribution is 2.39. The number of amides is 3. The Balaban J connectivity index is 1.46. The van der Waals surface area contributed by atoms with Crippen molar-refractivity contribution < 1.29 is 33.0 Å². The maximum atomic E-state index is 14.0. The fourth-order valence-corrected chi connectivity index (χ4v) is 4.95. The number of thioether (sulfide) groups is 1. The van der Waals surface area contributed by atoms with Crippen LogP contribution in [0.25, 0.3) is 6.08 Å². The molecule has 3 amide bonds. The Labute approximate surface area is 230 Å². The number of anilines is 1. The van der Waals surface area contributed by atoms with Gasteiger partial charge < -0.3 is 19.5 Å². The maximum absolute atomic E-state index is 14.0. The van der Waals surface area contributed by atoms with Crippen molar-refractivity contribution in [2.45, 2.75) is 6.61 Å². The highest BCUT2D eigenvalue weighted by Gasteiger charge is 2.36. The Bertz CT molecular complexity index is 1410. The molecule has 3 aromatic rings. The largest absolute Gasteiger partial charge is 0.497 e. The molecule has 3 aromatic carbocycles. The minimum absolute atomic E-state index is 0.0154. The summed E-state index contributed by atoms with van der Waals surface area (Å²) in [6.07, 6.45) is 1.53. The van der Waals surface area contributed by atoms with E-state index < -0.39 is 23.6 Å². The molecule has 8 nitrogen and oxygen atoms in total. The molecule has 38 heavy (non-hydrogen) atoms. The van der Waals surface area contributed by atoms with Crippen molar-refractivity contribution in [3.8, 4) is 17.2 Å². The van der Waals surface area contributed by atoms with E-state index in [1.54, 1.807) is 54.6 Å². The van der Waals surface area contributed by atoms with Crippen molar-refractivity contribution in [2.24, 2.45) is 0 Å². The Morgan fingerprint density at radius 2 is 1.82 bits per heavy atom. The molecule has 1 aliphatic rings. The topological polar surface area (TPSA) is 94.2 Å². The van der Waals surface area contributed by atoms with Crippen molar-refractivity contribution in [2.75, 3.05) is 26.1 Å². The first kappa shape index (κ1) is 27.2. The Morgan fingerprint density at radius 3 is 2.50 bits per heavy atom. The lowest BCUT2D eigenvalue weighted by atomic mass is 10.1. The van der Waals surface area contributed by atoms with Gasteiger partial charge in [-0.1, -0.05) is 18.2 Å². The number of halogens is 2. The van der Waals surface area contributed by atoms with Gasteiger partial charge in [-0.15, -0.1) is 0 Å². The minimum atomic E-state index is -0.583. The predicted molar refractivity (Wildman–Crippen MR) is 146 cm³/mol. The van der Waals surface area contributed by atoms with Crippen LogP contribution in [0.3, 0.4) is 0 Å². The molecule has 0 spiro atoms. The van der Waals surface area contributed by atoms with Gasteiger partial charge in [0.15, 0.2) is 11.5 Å². The monoisotopic (exact) mass is 600 g/mol. The average Bonchev–Trinajstić information content (AvgIpc) is 3.16. The quantitative estimate of drug-likeness (QED) is 0.307. The third-order valence-corrected chi connectivity index (χ3v) is 6.92. The summed E-state index contributed by atoms with van der Waals surface area (Å²) in [5, 5.41) is 2.10. The lowest BCUT2D eigenvalue weighted by Gasteiger charge is -2.14. The fraction of sp³-hybridized carbons (Fsp3) is 0.148. The van der Waals surface area contributed by atoms with Crippen molar-refractivity contribution >= 4 is 56.5 Å². The highest BCUT2D eigenvalue weighted by molar-refractivity contribution is 9.10. The number of methoxy groups -OCH3 is 2. The summed E-state index contributed by atoms with van der Waals surface area (Å²) in [6, 6.07) is 16.3. The molecule has 0 radical (unpaired) electrons. The molecule has 1 heterocycles. The second kappa shape index (κ2) is 12.1. The molecule has 0 atom stereocenters. The lowest BCUT2D eigenvalue weighted by Crippen LogP contribution is -2.36. The number of benzene rings is 3. The van der Waals surface area contributed by atoms with Crippen LogP contribution in [0.4, 0.5) is 14.9 Å². The van der Waals surface area contributed by atoms with Crippen molar-refractivity contribution in [3.05, 3.63) is 87.0 Å². The van der Waals surface area contributed by atoms with E-state index in [9.17, 15) is 18.8 Å². The van der Waals surface area contributed by atoms with E-state index in [2.05, 4.69) is 21.2 Å².